The second-order valence-corrected chi connectivity index (χ2v) is 5.47. The molecule has 0 fully saturated rings. The van der Waals surface area contributed by atoms with Crippen molar-refractivity contribution >= 4 is 11.8 Å². The largest absolute Gasteiger partial charge is 0.441 e. The predicted molar refractivity (Wildman–Crippen MR) is 70.8 cm³/mol. The Morgan fingerprint density at radius 2 is 1.89 bits per heavy atom. The fourth-order valence-electron chi connectivity index (χ4n) is 1.59. The lowest BCUT2D eigenvalue weighted by molar-refractivity contribution is -0.0327. The van der Waals surface area contributed by atoms with E-state index in [0.717, 1.165) is 5.56 Å². The van der Waals surface area contributed by atoms with Crippen LogP contribution < -0.4 is 5.32 Å². The van der Waals surface area contributed by atoms with Gasteiger partial charge >= 0.3 is 5.51 Å². The maximum absolute atomic E-state index is 11.9. The molecule has 0 saturated carbocycles. The minimum absolute atomic E-state index is 0.0138. The van der Waals surface area contributed by atoms with Crippen LogP contribution in [0.3, 0.4) is 0 Å². The van der Waals surface area contributed by atoms with Crippen molar-refractivity contribution in [3.05, 3.63) is 34.9 Å². The molecule has 1 rings (SSSR count). The quantitative estimate of drug-likeness (QED) is 0.809. The van der Waals surface area contributed by atoms with Crippen LogP contribution in [0, 0.1) is 13.8 Å². The SMILES string of the molecule is Cc1ccc(C(C)NCCSC(F)(F)F)cc1C. The first-order valence-electron chi connectivity index (χ1n) is 5.81. The summed E-state index contributed by atoms with van der Waals surface area (Å²) in [6.45, 7) is 6.38. The Hall–Kier alpha value is -0.680. The third-order valence-electron chi connectivity index (χ3n) is 2.85. The molecule has 0 bridgehead atoms. The van der Waals surface area contributed by atoms with E-state index in [4.69, 9.17) is 0 Å². The maximum atomic E-state index is 11.9. The third-order valence-corrected chi connectivity index (χ3v) is 3.58. The van der Waals surface area contributed by atoms with Crippen LogP contribution in [0.4, 0.5) is 13.2 Å². The van der Waals surface area contributed by atoms with Crippen LogP contribution in [0.25, 0.3) is 0 Å². The van der Waals surface area contributed by atoms with Crippen molar-refractivity contribution in [1.82, 2.24) is 5.32 Å². The molecule has 1 unspecified atom stereocenters. The van der Waals surface area contributed by atoms with Gasteiger partial charge in [-0.25, -0.2) is 0 Å². The smallest absolute Gasteiger partial charge is 0.309 e. The molecule has 0 aliphatic rings. The molecule has 0 aliphatic carbocycles. The first kappa shape index (κ1) is 15.4. The van der Waals surface area contributed by atoms with Crippen LogP contribution >= 0.6 is 11.8 Å². The fourth-order valence-corrected chi connectivity index (χ4v) is 2.05. The van der Waals surface area contributed by atoms with Gasteiger partial charge in [-0.15, -0.1) is 0 Å². The molecule has 0 radical (unpaired) electrons. The zero-order valence-electron chi connectivity index (χ0n) is 10.8. The van der Waals surface area contributed by atoms with Gasteiger partial charge in [-0.3, -0.25) is 0 Å². The topological polar surface area (TPSA) is 12.0 Å². The molecule has 0 spiro atoms. The molecule has 102 valence electrons. The van der Waals surface area contributed by atoms with Gasteiger partial charge in [0.15, 0.2) is 0 Å². The van der Waals surface area contributed by atoms with Crippen molar-refractivity contribution in [2.45, 2.75) is 32.3 Å². The van der Waals surface area contributed by atoms with Crippen molar-refractivity contribution in [3.8, 4) is 0 Å². The Kier molecular flexibility index (Phi) is 5.53. The summed E-state index contributed by atoms with van der Waals surface area (Å²) in [6, 6.07) is 6.19. The number of halogens is 3. The molecule has 1 atom stereocenters. The van der Waals surface area contributed by atoms with Crippen LogP contribution in [-0.2, 0) is 0 Å². The minimum atomic E-state index is -4.13. The maximum Gasteiger partial charge on any atom is 0.441 e. The lowest BCUT2D eigenvalue weighted by Crippen LogP contribution is -2.22. The molecular formula is C13H18F3NS. The summed E-state index contributed by atoms with van der Waals surface area (Å²) < 4.78 is 35.8. The van der Waals surface area contributed by atoms with Crippen molar-refractivity contribution in [2.75, 3.05) is 12.3 Å². The number of benzene rings is 1. The van der Waals surface area contributed by atoms with Crippen molar-refractivity contribution in [2.24, 2.45) is 0 Å². The average Bonchev–Trinajstić information content (AvgIpc) is 2.26. The molecule has 5 heteroatoms. The highest BCUT2D eigenvalue weighted by Gasteiger charge is 2.27. The molecule has 1 nitrogen and oxygen atoms in total. The monoisotopic (exact) mass is 277 g/mol. The van der Waals surface area contributed by atoms with E-state index < -0.39 is 5.51 Å². The van der Waals surface area contributed by atoms with Crippen molar-refractivity contribution in [3.63, 3.8) is 0 Å². The van der Waals surface area contributed by atoms with Gasteiger partial charge in [-0.05, 0) is 49.2 Å². The van der Waals surface area contributed by atoms with Gasteiger partial charge in [0.2, 0.25) is 0 Å². The summed E-state index contributed by atoms with van der Waals surface area (Å²) in [5, 5.41) is 3.10. The highest BCUT2D eigenvalue weighted by Crippen LogP contribution is 2.29. The Balaban J connectivity index is 2.41. The standard InChI is InChI=1S/C13H18F3NS/c1-9-4-5-12(8-10(9)2)11(3)17-6-7-18-13(14,15)16/h4-5,8,11,17H,6-7H2,1-3H3. The second kappa shape index (κ2) is 6.48. The molecule has 0 aliphatic heterocycles. The Bertz CT molecular complexity index is 390. The van der Waals surface area contributed by atoms with Gasteiger partial charge in [-0.1, -0.05) is 18.2 Å². The molecule has 18 heavy (non-hydrogen) atoms. The number of hydrogen-bond donors (Lipinski definition) is 1. The molecule has 1 aromatic carbocycles. The summed E-state index contributed by atoms with van der Waals surface area (Å²) in [4.78, 5) is 0. The van der Waals surface area contributed by atoms with Crippen LogP contribution in [0.15, 0.2) is 18.2 Å². The minimum Gasteiger partial charge on any atom is -0.309 e. The van der Waals surface area contributed by atoms with Crippen molar-refractivity contribution in [1.29, 1.82) is 0 Å². The number of alkyl halides is 3. The Labute approximate surface area is 110 Å². The Morgan fingerprint density at radius 1 is 1.22 bits per heavy atom. The van der Waals surface area contributed by atoms with Crippen LogP contribution in [-0.4, -0.2) is 17.8 Å². The summed E-state index contributed by atoms with van der Waals surface area (Å²) >= 11 is 0.0138. The molecule has 0 aromatic heterocycles. The number of nitrogens with one attached hydrogen (secondary N) is 1. The normalized spacial score (nSPS) is 13.7. The summed E-state index contributed by atoms with van der Waals surface area (Å²) in [5.41, 5.74) is -0.606. The van der Waals surface area contributed by atoms with Gasteiger partial charge in [0.1, 0.15) is 0 Å². The average molecular weight is 277 g/mol. The molecule has 1 N–H and O–H groups in total. The molecule has 0 heterocycles. The van der Waals surface area contributed by atoms with Gasteiger partial charge in [-0.2, -0.15) is 13.2 Å². The molecular weight excluding hydrogens is 259 g/mol. The third kappa shape index (κ3) is 5.31. The number of thioether (sulfide) groups is 1. The van der Waals surface area contributed by atoms with Crippen molar-refractivity contribution < 1.29 is 13.2 Å². The van der Waals surface area contributed by atoms with E-state index in [0.29, 0.717) is 6.54 Å². The molecule has 0 saturated heterocycles. The Morgan fingerprint density at radius 3 is 2.44 bits per heavy atom. The van der Waals surface area contributed by atoms with Gasteiger partial charge in [0, 0.05) is 18.3 Å². The van der Waals surface area contributed by atoms with E-state index in [-0.39, 0.29) is 23.6 Å². The summed E-state index contributed by atoms with van der Waals surface area (Å²) in [7, 11) is 0. The lowest BCUT2D eigenvalue weighted by Gasteiger charge is -2.15. The lowest BCUT2D eigenvalue weighted by atomic mass is 10.0. The predicted octanol–water partition coefficient (Wildman–Crippen LogP) is 4.21. The molecule has 1 aromatic rings. The van der Waals surface area contributed by atoms with Gasteiger partial charge in [0.25, 0.3) is 0 Å². The van der Waals surface area contributed by atoms with Crippen LogP contribution in [0.1, 0.15) is 29.7 Å². The van der Waals surface area contributed by atoms with Crippen LogP contribution in [0.5, 0.6) is 0 Å². The van der Waals surface area contributed by atoms with E-state index in [1.165, 1.54) is 11.1 Å². The van der Waals surface area contributed by atoms with E-state index in [1.807, 2.05) is 32.9 Å². The second-order valence-electron chi connectivity index (χ2n) is 4.31. The summed E-state index contributed by atoms with van der Waals surface area (Å²) in [6.07, 6.45) is 0. The van der Waals surface area contributed by atoms with E-state index in [9.17, 15) is 13.2 Å². The first-order chi connectivity index (χ1) is 8.29. The fraction of sp³-hybridized carbons (Fsp3) is 0.538. The van der Waals surface area contributed by atoms with E-state index in [2.05, 4.69) is 11.4 Å². The van der Waals surface area contributed by atoms with E-state index in [1.54, 1.807) is 0 Å². The van der Waals surface area contributed by atoms with Crippen LogP contribution in [0.2, 0.25) is 0 Å². The zero-order chi connectivity index (χ0) is 13.8. The van der Waals surface area contributed by atoms with Gasteiger partial charge in [0.05, 0.1) is 0 Å². The van der Waals surface area contributed by atoms with E-state index >= 15 is 0 Å². The zero-order valence-corrected chi connectivity index (χ0v) is 11.6. The van der Waals surface area contributed by atoms with Gasteiger partial charge < -0.3 is 5.32 Å². The number of rotatable bonds is 5. The summed E-state index contributed by atoms with van der Waals surface area (Å²) in [5.74, 6) is 0.0404. The molecule has 0 amide bonds. The highest BCUT2D eigenvalue weighted by atomic mass is 32.2. The highest BCUT2D eigenvalue weighted by molar-refractivity contribution is 8.00. The first-order valence-corrected chi connectivity index (χ1v) is 6.79. The number of hydrogen-bond acceptors (Lipinski definition) is 2. The number of aryl methyl sites for hydroxylation is 2.